The standard InChI is InChI=1S/C20H34N4O2S.HI/c1-16-8-10-18(11-9-16)24-13-6-7-17(15-24)23-19(21-5)22-12-14-27(25,26)20(2,3)4;/h8-11,17H,6-7,12-15H2,1-5H3,(H2,21,22,23);1H. The summed E-state index contributed by atoms with van der Waals surface area (Å²) < 4.78 is 23.7. The van der Waals surface area contributed by atoms with Crippen LogP contribution in [0.1, 0.15) is 39.2 Å². The van der Waals surface area contributed by atoms with Crippen LogP contribution in [-0.2, 0) is 9.84 Å². The monoisotopic (exact) mass is 522 g/mol. The summed E-state index contributed by atoms with van der Waals surface area (Å²) in [6.07, 6.45) is 2.18. The minimum Gasteiger partial charge on any atom is -0.369 e. The van der Waals surface area contributed by atoms with Crippen LogP contribution < -0.4 is 15.5 Å². The molecule has 0 amide bonds. The second-order valence-corrected chi connectivity index (χ2v) is 11.1. The molecular formula is C20H35IN4O2S. The van der Waals surface area contributed by atoms with Gasteiger partial charge in [0.05, 0.1) is 10.5 Å². The predicted molar refractivity (Wildman–Crippen MR) is 130 cm³/mol. The number of hydrogen-bond donors (Lipinski definition) is 2. The third-order valence-electron chi connectivity index (χ3n) is 4.98. The van der Waals surface area contributed by atoms with Gasteiger partial charge < -0.3 is 15.5 Å². The van der Waals surface area contributed by atoms with E-state index in [1.54, 1.807) is 27.8 Å². The summed E-state index contributed by atoms with van der Waals surface area (Å²) in [5.41, 5.74) is 2.51. The minimum absolute atomic E-state index is 0. The van der Waals surface area contributed by atoms with Gasteiger partial charge in [-0.15, -0.1) is 24.0 Å². The third kappa shape index (κ3) is 7.09. The van der Waals surface area contributed by atoms with Gasteiger partial charge in [0, 0.05) is 38.4 Å². The number of benzene rings is 1. The van der Waals surface area contributed by atoms with Gasteiger partial charge >= 0.3 is 0 Å². The lowest BCUT2D eigenvalue weighted by Crippen LogP contribution is -2.52. The SMILES string of the molecule is CN=C(NCCS(=O)(=O)C(C)(C)C)NC1CCCN(c2ccc(C)cc2)C1.I. The van der Waals surface area contributed by atoms with Crippen molar-refractivity contribution < 1.29 is 8.42 Å². The van der Waals surface area contributed by atoms with E-state index in [2.05, 4.69) is 51.7 Å². The highest BCUT2D eigenvalue weighted by Gasteiger charge is 2.28. The van der Waals surface area contributed by atoms with Crippen LogP contribution in [0.4, 0.5) is 5.69 Å². The Kier molecular flexibility index (Phi) is 9.52. The van der Waals surface area contributed by atoms with Crippen molar-refractivity contribution in [2.45, 2.75) is 51.3 Å². The van der Waals surface area contributed by atoms with Crippen molar-refractivity contribution in [3.63, 3.8) is 0 Å². The van der Waals surface area contributed by atoms with Crippen molar-refractivity contribution in [1.82, 2.24) is 10.6 Å². The molecule has 1 atom stereocenters. The van der Waals surface area contributed by atoms with Gasteiger partial charge in [-0.2, -0.15) is 0 Å². The maximum Gasteiger partial charge on any atom is 0.191 e. The zero-order valence-corrected chi connectivity index (χ0v) is 20.8. The lowest BCUT2D eigenvalue weighted by atomic mass is 10.0. The van der Waals surface area contributed by atoms with Crippen molar-refractivity contribution >= 4 is 45.5 Å². The topological polar surface area (TPSA) is 73.8 Å². The number of halogens is 1. The number of anilines is 1. The van der Waals surface area contributed by atoms with Gasteiger partial charge in [-0.25, -0.2) is 8.42 Å². The largest absolute Gasteiger partial charge is 0.369 e. The second kappa shape index (κ2) is 10.7. The van der Waals surface area contributed by atoms with Crippen molar-refractivity contribution in [2.75, 3.05) is 37.3 Å². The van der Waals surface area contributed by atoms with Crippen LogP contribution in [0.5, 0.6) is 0 Å². The molecule has 6 nitrogen and oxygen atoms in total. The van der Waals surface area contributed by atoms with Crippen LogP contribution in [0.3, 0.4) is 0 Å². The molecule has 1 aromatic carbocycles. The molecule has 2 N–H and O–H groups in total. The number of guanidine groups is 1. The van der Waals surface area contributed by atoms with Crippen molar-refractivity contribution in [3.8, 4) is 0 Å². The molecule has 1 heterocycles. The molecule has 0 radical (unpaired) electrons. The third-order valence-corrected chi connectivity index (χ3v) is 7.59. The predicted octanol–water partition coefficient (Wildman–Crippen LogP) is 2.96. The molecule has 28 heavy (non-hydrogen) atoms. The van der Waals surface area contributed by atoms with E-state index in [-0.39, 0.29) is 35.8 Å². The van der Waals surface area contributed by atoms with E-state index in [1.165, 1.54) is 11.3 Å². The Morgan fingerprint density at radius 3 is 2.46 bits per heavy atom. The van der Waals surface area contributed by atoms with E-state index in [1.807, 2.05) is 0 Å². The summed E-state index contributed by atoms with van der Waals surface area (Å²) in [5.74, 6) is 0.757. The minimum atomic E-state index is -3.14. The summed E-state index contributed by atoms with van der Waals surface area (Å²) in [4.78, 5) is 6.64. The molecule has 1 saturated heterocycles. The van der Waals surface area contributed by atoms with E-state index in [0.29, 0.717) is 12.5 Å². The number of nitrogens with one attached hydrogen (secondary N) is 2. The number of sulfone groups is 1. The number of nitrogens with zero attached hydrogens (tertiary/aromatic N) is 2. The highest BCUT2D eigenvalue weighted by atomic mass is 127. The molecule has 1 aliphatic rings. The summed E-state index contributed by atoms with van der Waals surface area (Å²) in [6.45, 7) is 9.61. The Hall–Kier alpha value is -1.03. The van der Waals surface area contributed by atoms with Crippen LogP contribution >= 0.6 is 24.0 Å². The first-order chi connectivity index (χ1) is 12.6. The normalized spacial score (nSPS) is 18.4. The fourth-order valence-electron chi connectivity index (χ4n) is 3.08. The highest BCUT2D eigenvalue weighted by molar-refractivity contribution is 14.0. The molecule has 8 heteroatoms. The van der Waals surface area contributed by atoms with Crippen molar-refractivity contribution in [3.05, 3.63) is 29.8 Å². The fraction of sp³-hybridized carbons (Fsp3) is 0.650. The quantitative estimate of drug-likeness (QED) is 0.354. The first-order valence-corrected chi connectivity index (χ1v) is 11.3. The van der Waals surface area contributed by atoms with Gasteiger partial charge in [-0.05, 0) is 52.7 Å². The van der Waals surface area contributed by atoms with Gasteiger partial charge in [0.15, 0.2) is 15.8 Å². The molecule has 0 bridgehead atoms. The Balaban J connectivity index is 0.00000392. The van der Waals surface area contributed by atoms with Crippen LogP contribution in [0, 0.1) is 6.92 Å². The van der Waals surface area contributed by atoms with Gasteiger partial charge in [0.25, 0.3) is 0 Å². The average Bonchev–Trinajstić information content (AvgIpc) is 2.60. The number of hydrogen-bond acceptors (Lipinski definition) is 4. The molecule has 2 rings (SSSR count). The Morgan fingerprint density at radius 2 is 1.89 bits per heavy atom. The summed E-state index contributed by atoms with van der Waals surface area (Å²) in [7, 11) is -1.42. The first kappa shape index (κ1) is 25.0. The van der Waals surface area contributed by atoms with E-state index in [9.17, 15) is 8.42 Å². The van der Waals surface area contributed by atoms with Crippen LogP contribution in [0.25, 0.3) is 0 Å². The van der Waals surface area contributed by atoms with Crippen LogP contribution in [-0.4, -0.2) is 57.6 Å². The Morgan fingerprint density at radius 1 is 1.25 bits per heavy atom. The molecule has 160 valence electrons. The van der Waals surface area contributed by atoms with Crippen molar-refractivity contribution in [2.24, 2.45) is 4.99 Å². The summed E-state index contributed by atoms with van der Waals surface area (Å²) in [5, 5.41) is 6.59. The number of aliphatic imine (C=N–C) groups is 1. The smallest absolute Gasteiger partial charge is 0.191 e. The Labute approximate surface area is 187 Å². The molecule has 0 spiro atoms. The van der Waals surface area contributed by atoms with E-state index in [0.717, 1.165) is 25.9 Å². The maximum atomic E-state index is 12.2. The van der Waals surface area contributed by atoms with Gasteiger partial charge in [0.1, 0.15) is 0 Å². The zero-order valence-electron chi connectivity index (χ0n) is 17.7. The molecule has 1 aromatic rings. The second-order valence-electron chi connectivity index (χ2n) is 8.20. The number of piperidine rings is 1. The average molecular weight is 522 g/mol. The first-order valence-electron chi connectivity index (χ1n) is 9.63. The number of aryl methyl sites for hydroxylation is 1. The fourth-order valence-corrected chi connectivity index (χ4v) is 4.07. The number of rotatable bonds is 5. The summed E-state index contributed by atoms with van der Waals surface area (Å²) >= 11 is 0. The zero-order chi connectivity index (χ0) is 20.1. The lowest BCUT2D eigenvalue weighted by molar-refractivity contribution is 0.468. The van der Waals surface area contributed by atoms with Crippen LogP contribution in [0.2, 0.25) is 0 Å². The highest BCUT2D eigenvalue weighted by Crippen LogP contribution is 2.20. The summed E-state index contributed by atoms with van der Waals surface area (Å²) in [6, 6.07) is 8.90. The van der Waals surface area contributed by atoms with E-state index < -0.39 is 14.6 Å². The molecule has 0 saturated carbocycles. The molecule has 0 aromatic heterocycles. The van der Waals surface area contributed by atoms with Gasteiger partial charge in [-0.3, -0.25) is 4.99 Å². The molecule has 1 fully saturated rings. The van der Waals surface area contributed by atoms with Crippen LogP contribution in [0.15, 0.2) is 29.3 Å². The molecular weight excluding hydrogens is 487 g/mol. The maximum absolute atomic E-state index is 12.2. The Bertz CT molecular complexity index is 742. The van der Waals surface area contributed by atoms with Crippen molar-refractivity contribution in [1.29, 1.82) is 0 Å². The van der Waals surface area contributed by atoms with E-state index in [4.69, 9.17) is 0 Å². The lowest BCUT2D eigenvalue weighted by Gasteiger charge is -2.35. The molecule has 0 aliphatic carbocycles. The van der Waals surface area contributed by atoms with E-state index >= 15 is 0 Å². The molecule has 1 aliphatic heterocycles. The molecule has 1 unspecified atom stereocenters. The van der Waals surface area contributed by atoms with Gasteiger partial charge in [-0.1, -0.05) is 17.7 Å². The van der Waals surface area contributed by atoms with Gasteiger partial charge in [0.2, 0.25) is 0 Å².